The Morgan fingerprint density at radius 3 is 2.71 bits per heavy atom. The highest BCUT2D eigenvalue weighted by Gasteiger charge is 2.18. The molecule has 0 bridgehead atoms. The highest BCUT2D eigenvalue weighted by molar-refractivity contribution is 7.19. The van der Waals surface area contributed by atoms with Gasteiger partial charge in [-0.05, 0) is 35.9 Å². The van der Waals surface area contributed by atoms with Gasteiger partial charge in [-0.1, -0.05) is 17.4 Å². The van der Waals surface area contributed by atoms with Crippen molar-refractivity contribution >= 4 is 16.3 Å². The maximum atomic E-state index is 5.46. The first-order valence-corrected chi connectivity index (χ1v) is 9.39. The van der Waals surface area contributed by atoms with Crippen LogP contribution >= 0.6 is 11.3 Å². The molecule has 3 heterocycles. The lowest BCUT2D eigenvalue weighted by Gasteiger charge is -2.08. The Morgan fingerprint density at radius 2 is 1.86 bits per heavy atom. The first-order valence-electron chi connectivity index (χ1n) is 8.57. The number of hydrogen-bond acceptors (Lipinski definition) is 8. The lowest BCUT2D eigenvalue weighted by Crippen LogP contribution is -1.99. The minimum Gasteiger partial charge on any atom is -0.493 e. The number of fused-ring (bicyclic) bond motifs is 2. The van der Waals surface area contributed by atoms with Crippen LogP contribution in [0.5, 0.6) is 23.0 Å². The summed E-state index contributed by atoms with van der Waals surface area (Å²) in [6.07, 6.45) is 0.575. The molecular weight excluding hydrogens is 380 g/mol. The SMILES string of the molecule is COc1ccc(Cc2nnc3sc(-c4ccc5c(c4)OCO5)nn23)cc1OC. The Hall–Kier alpha value is -3.33. The van der Waals surface area contributed by atoms with Crippen LogP contribution in [0, 0.1) is 0 Å². The van der Waals surface area contributed by atoms with Crippen molar-refractivity contribution in [3.63, 3.8) is 0 Å². The summed E-state index contributed by atoms with van der Waals surface area (Å²) in [5.74, 6) is 3.61. The molecule has 0 spiro atoms. The Kier molecular flexibility index (Phi) is 4.01. The van der Waals surface area contributed by atoms with E-state index in [1.807, 2.05) is 36.4 Å². The predicted octanol–water partition coefficient (Wildman–Crippen LogP) is 3.19. The molecule has 8 nitrogen and oxygen atoms in total. The van der Waals surface area contributed by atoms with E-state index in [0.29, 0.717) is 17.9 Å². The molecule has 1 aliphatic rings. The van der Waals surface area contributed by atoms with E-state index in [-0.39, 0.29) is 6.79 Å². The zero-order valence-corrected chi connectivity index (χ0v) is 16.0. The zero-order chi connectivity index (χ0) is 19.1. The van der Waals surface area contributed by atoms with Crippen molar-refractivity contribution < 1.29 is 18.9 Å². The third kappa shape index (κ3) is 2.80. The quantitative estimate of drug-likeness (QED) is 0.512. The van der Waals surface area contributed by atoms with Gasteiger partial charge in [0.1, 0.15) is 5.01 Å². The van der Waals surface area contributed by atoms with Crippen LogP contribution in [0.3, 0.4) is 0 Å². The fraction of sp³-hybridized carbons (Fsp3) is 0.211. The Labute approximate surface area is 164 Å². The molecule has 0 unspecified atom stereocenters. The van der Waals surface area contributed by atoms with Gasteiger partial charge in [-0.3, -0.25) is 0 Å². The van der Waals surface area contributed by atoms with E-state index in [0.717, 1.165) is 38.4 Å². The number of ether oxygens (including phenoxy) is 4. The average molecular weight is 396 g/mol. The van der Waals surface area contributed by atoms with E-state index in [4.69, 9.17) is 24.0 Å². The summed E-state index contributed by atoms with van der Waals surface area (Å²) in [5, 5.41) is 14.1. The third-order valence-electron chi connectivity index (χ3n) is 4.49. The van der Waals surface area contributed by atoms with Crippen molar-refractivity contribution in [2.24, 2.45) is 0 Å². The van der Waals surface area contributed by atoms with Crippen LogP contribution in [0.2, 0.25) is 0 Å². The van der Waals surface area contributed by atoms with Crippen LogP contribution in [0.1, 0.15) is 11.4 Å². The maximum absolute atomic E-state index is 5.46. The van der Waals surface area contributed by atoms with Gasteiger partial charge in [0.15, 0.2) is 28.8 Å². The Bertz CT molecular complexity index is 1170. The highest BCUT2D eigenvalue weighted by Crippen LogP contribution is 2.37. The molecule has 0 aliphatic carbocycles. The van der Waals surface area contributed by atoms with Gasteiger partial charge in [0.25, 0.3) is 0 Å². The van der Waals surface area contributed by atoms with Gasteiger partial charge in [0.2, 0.25) is 11.8 Å². The van der Waals surface area contributed by atoms with Gasteiger partial charge >= 0.3 is 0 Å². The van der Waals surface area contributed by atoms with Crippen LogP contribution < -0.4 is 18.9 Å². The second-order valence-corrected chi connectivity index (χ2v) is 7.11. The smallest absolute Gasteiger partial charge is 0.234 e. The first kappa shape index (κ1) is 16.8. The summed E-state index contributed by atoms with van der Waals surface area (Å²) in [4.78, 5) is 0.739. The molecule has 0 amide bonds. The molecule has 0 atom stereocenters. The summed E-state index contributed by atoms with van der Waals surface area (Å²) in [6, 6.07) is 11.6. The molecule has 2 aromatic carbocycles. The van der Waals surface area contributed by atoms with Crippen LogP contribution in [0.4, 0.5) is 0 Å². The molecule has 5 rings (SSSR count). The molecule has 9 heteroatoms. The van der Waals surface area contributed by atoms with E-state index in [1.165, 1.54) is 11.3 Å². The first-order chi connectivity index (χ1) is 13.7. The summed E-state index contributed by atoms with van der Waals surface area (Å²) in [7, 11) is 3.24. The minimum absolute atomic E-state index is 0.249. The van der Waals surface area contributed by atoms with Gasteiger partial charge in [-0.2, -0.15) is 9.61 Å². The largest absolute Gasteiger partial charge is 0.493 e. The summed E-state index contributed by atoms with van der Waals surface area (Å²) >= 11 is 1.48. The molecule has 0 saturated heterocycles. The Balaban J connectivity index is 1.47. The van der Waals surface area contributed by atoms with Crippen molar-refractivity contribution in [3.05, 3.63) is 47.8 Å². The number of aromatic nitrogens is 4. The minimum atomic E-state index is 0.249. The van der Waals surface area contributed by atoms with E-state index >= 15 is 0 Å². The van der Waals surface area contributed by atoms with Gasteiger partial charge in [-0.15, -0.1) is 10.2 Å². The molecule has 2 aromatic heterocycles. The molecule has 0 radical (unpaired) electrons. The molecule has 0 N–H and O–H groups in total. The highest BCUT2D eigenvalue weighted by atomic mass is 32.1. The van der Waals surface area contributed by atoms with Gasteiger partial charge in [0, 0.05) is 12.0 Å². The van der Waals surface area contributed by atoms with Gasteiger partial charge < -0.3 is 18.9 Å². The number of benzene rings is 2. The normalized spacial score (nSPS) is 12.5. The third-order valence-corrected chi connectivity index (χ3v) is 5.43. The maximum Gasteiger partial charge on any atom is 0.234 e. The van der Waals surface area contributed by atoms with E-state index in [1.54, 1.807) is 18.7 Å². The molecule has 142 valence electrons. The van der Waals surface area contributed by atoms with Gasteiger partial charge in [-0.25, -0.2) is 0 Å². The number of rotatable bonds is 5. The molecule has 0 fully saturated rings. The lowest BCUT2D eigenvalue weighted by molar-refractivity contribution is 0.174. The van der Waals surface area contributed by atoms with Crippen molar-refractivity contribution in [2.75, 3.05) is 21.0 Å². The van der Waals surface area contributed by atoms with Crippen molar-refractivity contribution in [3.8, 4) is 33.6 Å². The second-order valence-electron chi connectivity index (χ2n) is 6.15. The van der Waals surface area contributed by atoms with E-state index < -0.39 is 0 Å². The molecular formula is C19H16N4O4S. The number of methoxy groups -OCH3 is 2. The summed E-state index contributed by atoms with van der Waals surface area (Å²) in [5.41, 5.74) is 1.99. The second kappa shape index (κ2) is 6.68. The average Bonchev–Trinajstić information content (AvgIpc) is 3.44. The zero-order valence-electron chi connectivity index (χ0n) is 15.2. The van der Waals surface area contributed by atoms with Crippen LogP contribution in [-0.4, -0.2) is 40.8 Å². The van der Waals surface area contributed by atoms with Crippen LogP contribution in [0.15, 0.2) is 36.4 Å². The molecule has 0 saturated carbocycles. The Morgan fingerprint density at radius 1 is 1.00 bits per heavy atom. The molecule has 4 aromatic rings. The fourth-order valence-electron chi connectivity index (χ4n) is 3.09. The van der Waals surface area contributed by atoms with E-state index in [9.17, 15) is 0 Å². The molecule has 1 aliphatic heterocycles. The van der Waals surface area contributed by atoms with Crippen LogP contribution in [0.25, 0.3) is 15.5 Å². The van der Waals surface area contributed by atoms with Crippen molar-refractivity contribution in [1.29, 1.82) is 0 Å². The lowest BCUT2D eigenvalue weighted by atomic mass is 10.1. The fourth-order valence-corrected chi connectivity index (χ4v) is 3.94. The predicted molar refractivity (Wildman–Crippen MR) is 103 cm³/mol. The standard InChI is InChI=1S/C19H16N4O4S/c1-24-13-5-3-11(7-15(13)25-2)8-17-20-21-19-23(17)22-18(28-19)12-4-6-14-16(9-12)27-10-26-14/h3-7,9H,8,10H2,1-2H3. The molecule has 28 heavy (non-hydrogen) atoms. The number of hydrogen-bond donors (Lipinski definition) is 0. The topological polar surface area (TPSA) is 80.0 Å². The van der Waals surface area contributed by atoms with Crippen LogP contribution in [-0.2, 0) is 6.42 Å². The monoisotopic (exact) mass is 396 g/mol. The summed E-state index contributed by atoms with van der Waals surface area (Å²) in [6.45, 7) is 0.249. The van der Waals surface area contributed by atoms with Crippen molar-refractivity contribution in [2.45, 2.75) is 6.42 Å². The van der Waals surface area contributed by atoms with Crippen molar-refractivity contribution in [1.82, 2.24) is 19.8 Å². The van der Waals surface area contributed by atoms with Gasteiger partial charge in [0.05, 0.1) is 14.2 Å². The summed E-state index contributed by atoms with van der Waals surface area (Å²) < 4.78 is 23.3. The number of nitrogens with zero attached hydrogens (tertiary/aromatic N) is 4. The van der Waals surface area contributed by atoms with E-state index in [2.05, 4.69) is 10.2 Å².